The van der Waals surface area contributed by atoms with E-state index in [0.717, 1.165) is 31.6 Å². The molecule has 1 amide bonds. The zero-order chi connectivity index (χ0) is 15.2. The second-order valence-electron chi connectivity index (χ2n) is 5.60. The average molecular weight is 315 g/mol. The van der Waals surface area contributed by atoms with Crippen LogP contribution in [0.25, 0.3) is 0 Å². The highest BCUT2D eigenvalue weighted by molar-refractivity contribution is 7.09. The third kappa shape index (κ3) is 4.34. The molecule has 2 aromatic rings. The lowest BCUT2D eigenvalue weighted by atomic mass is 10.2. The maximum Gasteiger partial charge on any atom is 0.223 e. The Balaban J connectivity index is 1.43. The zero-order valence-electron chi connectivity index (χ0n) is 12.6. The first-order chi connectivity index (χ1) is 10.8. The van der Waals surface area contributed by atoms with Crippen LogP contribution >= 0.6 is 11.3 Å². The summed E-state index contributed by atoms with van der Waals surface area (Å²) in [5.41, 5.74) is 0. The van der Waals surface area contributed by atoms with E-state index in [2.05, 4.69) is 11.4 Å². The Morgan fingerprint density at radius 1 is 1.18 bits per heavy atom. The van der Waals surface area contributed by atoms with E-state index in [0.29, 0.717) is 19.1 Å². The predicted molar refractivity (Wildman–Crippen MR) is 89.1 cm³/mol. The summed E-state index contributed by atoms with van der Waals surface area (Å²) in [6.07, 6.45) is 3.63. The van der Waals surface area contributed by atoms with E-state index in [1.165, 1.54) is 4.88 Å². The molecule has 1 saturated carbocycles. The summed E-state index contributed by atoms with van der Waals surface area (Å²) in [5.74, 6) is 1.13. The molecule has 116 valence electrons. The monoisotopic (exact) mass is 315 g/mol. The lowest BCUT2D eigenvalue weighted by Crippen LogP contribution is -2.32. The molecule has 0 atom stereocenters. The van der Waals surface area contributed by atoms with Crippen LogP contribution in [0.4, 0.5) is 0 Å². The van der Waals surface area contributed by atoms with Crippen molar-refractivity contribution in [1.82, 2.24) is 4.90 Å². The van der Waals surface area contributed by atoms with Crippen molar-refractivity contribution in [1.29, 1.82) is 0 Å². The van der Waals surface area contributed by atoms with Crippen LogP contribution in [-0.4, -0.2) is 23.5 Å². The fraction of sp³-hybridized carbons (Fsp3) is 0.389. The predicted octanol–water partition coefficient (Wildman–Crippen LogP) is 4.10. The van der Waals surface area contributed by atoms with E-state index >= 15 is 0 Å². The van der Waals surface area contributed by atoms with E-state index in [4.69, 9.17) is 4.74 Å². The van der Waals surface area contributed by atoms with Crippen LogP contribution < -0.4 is 4.74 Å². The summed E-state index contributed by atoms with van der Waals surface area (Å²) in [6.45, 7) is 1.36. The van der Waals surface area contributed by atoms with Crippen LogP contribution in [0.5, 0.6) is 5.75 Å². The summed E-state index contributed by atoms with van der Waals surface area (Å²) in [7, 11) is 0. The number of hydrogen-bond donors (Lipinski definition) is 0. The van der Waals surface area contributed by atoms with Crippen LogP contribution in [0.2, 0.25) is 0 Å². The van der Waals surface area contributed by atoms with Crippen LogP contribution in [0, 0.1) is 0 Å². The molecule has 1 aromatic carbocycles. The molecule has 3 nitrogen and oxygen atoms in total. The van der Waals surface area contributed by atoms with Gasteiger partial charge in [-0.2, -0.15) is 0 Å². The molecule has 1 fully saturated rings. The number of amides is 1. The largest absolute Gasteiger partial charge is 0.494 e. The number of hydrogen-bond acceptors (Lipinski definition) is 3. The number of carbonyl (C=O) groups is 1. The van der Waals surface area contributed by atoms with Gasteiger partial charge >= 0.3 is 0 Å². The van der Waals surface area contributed by atoms with Gasteiger partial charge in [0.25, 0.3) is 0 Å². The van der Waals surface area contributed by atoms with Gasteiger partial charge in [-0.3, -0.25) is 4.79 Å². The first-order valence-corrected chi connectivity index (χ1v) is 8.70. The second-order valence-corrected chi connectivity index (χ2v) is 6.63. The van der Waals surface area contributed by atoms with Crippen molar-refractivity contribution >= 4 is 17.2 Å². The van der Waals surface area contributed by atoms with E-state index in [1.54, 1.807) is 11.3 Å². The first kappa shape index (κ1) is 15.1. The molecule has 4 heteroatoms. The van der Waals surface area contributed by atoms with Crippen LogP contribution in [0.1, 0.15) is 30.6 Å². The van der Waals surface area contributed by atoms with Crippen molar-refractivity contribution in [2.24, 2.45) is 0 Å². The van der Waals surface area contributed by atoms with Crippen LogP contribution in [0.15, 0.2) is 47.8 Å². The summed E-state index contributed by atoms with van der Waals surface area (Å²) in [6, 6.07) is 14.4. The molecule has 0 radical (unpaired) electrons. The van der Waals surface area contributed by atoms with Gasteiger partial charge in [0, 0.05) is 17.3 Å². The Bertz CT molecular complexity index is 578. The standard InChI is InChI=1S/C18H21NO2S/c20-18(9-4-12-21-16-6-2-1-3-7-16)19(15-10-11-15)14-17-8-5-13-22-17/h1-3,5-8,13,15H,4,9-12,14H2. The highest BCUT2D eigenvalue weighted by Crippen LogP contribution is 2.30. The van der Waals surface area contributed by atoms with E-state index in [1.807, 2.05) is 41.3 Å². The van der Waals surface area contributed by atoms with Gasteiger partial charge in [-0.1, -0.05) is 24.3 Å². The topological polar surface area (TPSA) is 29.5 Å². The highest BCUT2D eigenvalue weighted by atomic mass is 32.1. The first-order valence-electron chi connectivity index (χ1n) is 7.82. The normalized spacial score (nSPS) is 13.8. The Labute approximate surface area is 135 Å². The minimum Gasteiger partial charge on any atom is -0.494 e. The average Bonchev–Trinajstić information content (AvgIpc) is 3.26. The van der Waals surface area contributed by atoms with Crippen molar-refractivity contribution in [2.75, 3.05) is 6.61 Å². The van der Waals surface area contributed by atoms with Gasteiger partial charge in [0.2, 0.25) is 5.91 Å². The lowest BCUT2D eigenvalue weighted by Gasteiger charge is -2.21. The second kappa shape index (κ2) is 7.45. The summed E-state index contributed by atoms with van der Waals surface area (Å²) < 4.78 is 5.65. The molecule has 0 N–H and O–H groups in total. The molecule has 0 spiro atoms. The number of nitrogens with zero attached hydrogens (tertiary/aromatic N) is 1. The molecule has 0 aliphatic heterocycles. The SMILES string of the molecule is O=C(CCCOc1ccccc1)N(Cc1cccs1)C1CC1. The quantitative estimate of drug-likeness (QED) is 0.686. The molecule has 0 unspecified atom stereocenters. The Hall–Kier alpha value is -1.81. The number of thiophene rings is 1. The smallest absolute Gasteiger partial charge is 0.223 e. The van der Waals surface area contributed by atoms with Crippen molar-refractivity contribution < 1.29 is 9.53 Å². The number of para-hydroxylation sites is 1. The van der Waals surface area contributed by atoms with Crippen LogP contribution in [0.3, 0.4) is 0 Å². The number of carbonyl (C=O) groups excluding carboxylic acids is 1. The van der Waals surface area contributed by atoms with Gasteiger partial charge in [-0.05, 0) is 42.8 Å². The van der Waals surface area contributed by atoms with Gasteiger partial charge in [-0.25, -0.2) is 0 Å². The van der Waals surface area contributed by atoms with E-state index < -0.39 is 0 Å². The minimum absolute atomic E-state index is 0.257. The third-order valence-corrected chi connectivity index (χ3v) is 4.62. The highest BCUT2D eigenvalue weighted by Gasteiger charge is 2.32. The molecule has 1 heterocycles. The van der Waals surface area contributed by atoms with Crippen LogP contribution in [-0.2, 0) is 11.3 Å². The van der Waals surface area contributed by atoms with Gasteiger partial charge in [0.05, 0.1) is 13.2 Å². The molecule has 0 bridgehead atoms. The number of ether oxygens (including phenoxy) is 1. The van der Waals surface area contributed by atoms with Gasteiger partial charge in [0.15, 0.2) is 0 Å². The summed E-state index contributed by atoms with van der Waals surface area (Å²) in [4.78, 5) is 15.8. The lowest BCUT2D eigenvalue weighted by molar-refractivity contribution is -0.132. The Morgan fingerprint density at radius 2 is 2.00 bits per heavy atom. The molecule has 22 heavy (non-hydrogen) atoms. The number of rotatable bonds is 8. The fourth-order valence-corrected chi connectivity index (χ4v) is 3.15. The maximum absolute atomic E-state index is 12.4. The maximum atomic E-state index is 12.4. The van der Waals surface area contributed by atoms with E-state index in [-0.39, 0.29) is 5.91 Å². The Morgan fingerprint density at radius 3 is 2.68 bits per heavy atom. The molecule has 1 aromatic heterocycles. The summed E-state index contributed by atoms with van der Waals surface area (Å²) in [5, 5.41) is 2.07. The third-order valence-electron chi connectivity index (χ3n) is 3.76. The van der Waals surface area contributed by atoms with Crippen molar-refractivity contribution in [3.05, 3.63) is 52.7 Å². The molecule has 3 rings (SSSR count). The molecule has 1 aliphatic carbocycles. The zero-order valence-corrected chi connectivity index (χ0v) is 13.4. The summed E-state index contributed by atoms with van der Waals surface area (Å²) >= 11 is 1.72. The van der Waals surface area contributed by atoms with Gasteiger partial charge < -0.3 is 9.64 Å². The van der Waals surface area contributed by atoms with Gasteiger partial charge in [-0.15, -0.1) is 11.3 Å². The molecular weight excluding hydrogens is 294 g/mol. The van der Waals surface area contributed by atoms with E-state index in [9.17, 15) is 4.79 Å². The van der Waals surface area contributed by atoms with Crippen molar-refractivity contribution in [3.8, 4) is 5.75 Å². The van der Waals surface area contributed by atoms with Gasteiger partial charge in [0.1, 0.15) is 5.75 Å². The molecule has 0 saturated heterocycles. The fourth-order valence-electron chi connectivity index (χ4n) is 2.45. The number of benzene rings is 1. The van der Waals surface area contributed by atoms with Crippen molar-refractivity contribution in [2.45, 2.75) is 38.3 Å². The van der Waals surface area contributed by atoms with Crippen molar-refractivity contribution in [3.63, 3.8) is 0 Å². The molecular formula is C18H21NO2S. The molecule has 1 aliphatic rings. The Kier molecular flexibility index (Phi) is 5.11. The minimum atomic E-state index is 0.257.